The highest BCUT2D eigenvalue weighted by molar-refractivity contribution is 9.10. The summed E-state index contributed by atoms with van der Waals surface area (Å²) < 4.78 is 64.6. The Kier molecular flexibility index (Phi) is 26.6. The Morgan fingerprint density at radius 1 is 0.637 bits per heavy atom. The first-order valence-corrected chi connectivity index (χ1v) is 37.3. The van der Waals surface area contributed by atoms with E-state index in [0.29, 0.717) is 61.1 Å². The van der Waals surface area contributed by atoms with Crippen molar-refractivity contribution in [3.05, 3.63) is 98.3 Å². The Morgan fingerprint density at radius 2 is 1.13 bits per heavy atom. The molecule has 0 saturated carbocycles. The first-order chi connectivity index (χ1) is 47.4. The van der Waals surface area contributed by atoms with Crippen LogP contribution in [0.2, 0.25) is 0 Å². The molecule has 0 aliphatic carbocycles. The van der Waals surface area contributed by atoms with E-state index in [2.05, 4.69) is 50.4 Å². The van der Waals surface area contributed by atoms with Crippen molar-refractivity contribution < 1.29 is 74.9 Å². The van der Waals surface area contributed by atoms with Gasteiger partial charge < -0.3 is 58.9 Å². The third-order valence-electron chi connectivity index (χ3n) is 16.2. The number of nitrogens with zero attached hydrogens (tertiary/aromatic N) is 5. The molecule has 29 heteroatoms. The number of H-pyrrole nitrogens is 1. The quantitative estimate of drug-likeness (QED) is 0.0295. The summed E-state index contributed by atoms with van der Waals surface area (Å²) in [5.74, 6) is -3.50. The fraction of sp³-hybridized carbons (Fsp3) is 0.507. The van der Waals surface area contributed by atoms with E-state index in [-0.39, 0.29) is 55.1 Å². The number of fused-ring (bicyclic) bond motifs is 2. The fourth-order valence-corrected chi connectivity index (χ4v) is 14.4. The standard InChI is InChI=1S/C33H44N4O7S.C24H34BrNO8S.C16H17N3O2S/c1-18(2)34-31-36-25(17-45-31)24-15-27(21-11-10-19(42-9)12-23(21)35-24)43-20-13-26(30(40)41)37(16-20)29(39)22(32(3,4)5)14-28(38)44-33(6,7)8;1-23(2,3)18(13-20(27)33-24(4,5)6)21(28)26-14-16(12-19(26)22(29)32-7)34-35(30,31)17-10-8-15(25)9-11-17;1-9(2)17-16-19-14(8-22-16)13-7-15(20)11-5-4-10(21-3)6-12(11)18-13/h10-12,15,17-18,20,22,26H,13-14,16H2,1-9H3,(H,34,36)(H,40,41);8-11,16,18-19H,12-14H2,1-7H3;4-9H,1-3H3,(H,17,19)(H,18,20)/t20-,22-,26+;16-,18+,19-;/m10./s1. The number of aliphatic carboxylic acids is 1. The number of ether oxygens (including phenoxy) is 6. The van der Waals surface area contributed by atoms with E-state index in [1.807, 2.05) is 78.3 Å². The molecule has 9 rings (SSSR count). The van der Waals surface area contributed by atoms with Crippen molar-refractivity contribution >= 4 is 116 Å². The van der Waals surface area contributed by atoms with Gasteiger partial charge in [0, 0.05) is 81.7 Å². The molecule has 3 aromatic carbocycles. The molecule has 2 aliphatic heterocycles. The summed E-state index contributed by atoms with van der Waals surface area (Å²) in [5.41, 5.74) is 1.37. The normalized spacial score (nSPS) is 17.0. The number of aromatic nitrogens is 4. The van der Waals surface area contributed by atoms with Gasteiger partial charge in [0.2, 0.25) is 11.8 Å². The zero-order valence-electron chi connectivity index (χ0n) is 61.3. The van der Waals surface area contributed by atoms with Crippen molar-refractivity contribution in [2.75, 3.05) is 45.1 Å². The number of carboxylic acids is 1. The lowest BCUT2D eigenvalue weighted by Gasteiger charge is -2.34. The highest BCUT2D eigenvalue weighted by Gasteiger charge is 2.49. The van der Waals surface area contributed by atoms with Gasteiger partial charge in [0.15, 0.2) is 15.7 Å². The van der Waals surface area contributed by atoms with Gasteiger partial charge in [0.05, 0.1) is 91.7 Å². The monoisotopic (exact) mass is 1530 g/mol. The predicted octanol–water partition coefficient (Wildman–Crippen LogP) is 13.2. The van der Waals surface area contributed by atoms with Crippen LogP contribution in [0.4, 0.5) is 10.3 Å². The number of rotatable bonds is 21. The molecular weight excluding hydrogens is 1440 g/mol. The Balaban J connectivity index is 0.000000227. The first kappa shape index (κ1) is 81.1. The number of halogens is 1. The number of pyridine rings is 2. The van der Waals surface area contributed by atoms with Gasteiger partial charge in [0.1, 0.15) is 52.3 Å². The van der Waals surface area contributed by atoms with Gasteiger partial charge in [-0.1, -0.05) is 57.5 Å². The van der Waals surface area contributed by atoms with Crippen molar-refractivity contribution in [1.29, 1.82) is 0 Å². The molecule has 554 valence electrons. The molecule has 102 heavy (non-hydrogen) atoms. The van der Waals surface area contributed by atoms with Crippen molar-refractivity contribution in [3.63, 3.8) is 0 Å². The lowest BCUT2D eigenvalue weighted by molar-refractivity contribution is -0.162. The summed E-state index contributed by atoms with van der Waals surface area (Å²) in [7, 11) is 0.240. The van der Waals surface area contributed by atoms with Gasteiger partial charge in [-0.05, 0) is 129 Å². The second-order valence-electron chi connectivity index (χ2n) is 29.7. The number of nitrogens with one attached hydrogen (secondary N) is 3. The number of carboxylic acid groups (broad SMARTS) is 1. The Morgan fingerprint density at radius 3 is 1.63 bits per heavy atom. The van der Waals surface area contributed by atoms with Gasteiger partial charge in [-0.3, -0.25) is 28.2 Å². The maximum Gasteiger partial charge on any atom is 0.328 e. The number of benzene rings is 3. The second kappa shape index (κ2) is 33.5. The molecule has 4 N–H and O–H groups in total. The van der Waals surface area contributed by atoms with E-state index < -0.39 is 104 Å². The molecule has 2 aliphatic rings. The predicted molar refractivity (Wildman–Crippen MR) is 396 cm³/mol. The lowest BCUT2D eigenvalue weighted by atomic mass is 9.77. The van der Waals surface area contributed by atoms with Crippen LogP contribution in [0, 0.1) is 22.7 Å². The van der Waals surface area contributed by atoms with Crippen molar-refractivity contribution in [2.24, 2.45) is 22.7 Å². The van der Waals surface area contributed by atoms with E-state index >= 15 is 0 Å². The number of carbonyl (C=O) groups is 6. The van der Waals surface area contributed by atoms with Crippen LogP contribution in [0.15, 0.2) is 97.7 Å². The molecule has 6 atom stereocenters. The van der Waals surface area contributed by atoms with Crippen LogP contribution in [0.3, 0.4) is 0 Å². The van der Waals surface area contributed by atoms with Crippen LogP contribution in [-0.4, -0.2) is 161 Å². The average Bonchev–Trinajstić information content (AvgIpc) is 1.46. The molecule has 2 fully saturated rings. The summed E-state index contributed by atoms with van der Waals surface area (Å²) in [4.78, 5) is 110. The Hall–Kier alpha value is -8.25. The highest BCUT2D eigenvalue weighted by Crippen LogP contribution is 2.40. The Bertz CT molecular complexity index is 4320. The van der Waals surface area contributed by atoms with E-state index in [9.17, 15) is 47.1 Å². The molecule has 6 heterocycles. The van der Waals surface area contributed by atoms with Gasteiger partial charge in [-0.15, -0.1) is 22.7 Å². The highest BCUT2D eigenvalue weighted by atomic mass is 79.9. The van der Waals surface area contributed by atoms with Crippen molar-refractivity contribution in [1.82, 2.24) is 29.7 Å². The third-order valence-corrected chi connectivity index (χ3v) is 19.6. The number of anilines is 2. The van der Waals surface area contributed by atoms with Gasteiger partial charge in [-0.2, -0.15) is 8.42 Å². The van der Waals surface area contributed by atoms with Crippen LogP contribution in [0.25, 0.3) is 44.6 Å². The lowest BCUT2D eigenvalue weighted by Crippen LogP contribution is -2.48. The third kappa shape index (κ3) is 22.1. The molecule has 0 unspecified atom stereocenters. The molecule has 0 spiro atoms. The van der Waals surface area contributed by atoms with E-state index in [1.54, 1.807) is 104 Å². The summed E-state index contributed by atoms with van der Waals surface area (Å²) in [6.45, 7) is 29.6. The molecule has 7 aromatic rings. The zero-order valence-corrected chi connectivity index (χ0v) is 65.3. The number of methoxy groups -OCH3 is 3. The smallest absolute Gasteiger partial charge is 0.328 e. The Labute approximate surface area is 612 Å². The number of aromatic amines is 1. The number of thiazole rings is 2. The van der Waals surface area contributed by atoms with Gasteiger partial charge in [0.25, 0.3) is 10.1 Å². The van der Waals surface area contributed by atoms with Crippen LogP contribution in [0.5, 0.6) is 17.2 Å². The van der Waals surface area contributed by atoms with Crippen LogP contribution in [0.1, 0.15) is 136 Å². The number of carbonyl (C=O) groups excluding carboxylic acids is 5. The minimum Gasteiger partial charge on any atom is -0.497 e. The van der Waals surface area contributed by atoms with Crippen molar-refractivity contribution in [3.8, 4) is 40.0 Å². The van der Waals surface area contributed by atoms with E-state index in [0.717, 1.165) is 21.5 Å². The molecule has 4 aromatic heterocycles. The number of likely N-dealkylation sites (tertiary alicyclic amines) is 2. The number of esters is 3. The molecule has 25 nitrogen and oxygen atoms in total. The zero-order chi connectivity index (χ0) is 75.7. The molecule has 0 bridgehead atoms. The molecule has 2 saturated heterocycles. The molecule has 0 radical (unpaired) electrons. The van der Waals surface area contributed by atoms with Gasteiger partial charge in [-0.25, -0.2) is 24.5 Å². The topological polar surface area (TPSA) is 323 Å². The number of amides is 2. The minimum absolute atomic E-state index is 0.0298. The first-order valence-electron chi connectivity index (χ1n) is 33.3. The van der Waals surface area contributed by atoms with E-state index in [4.69, 9.17) is 42.6 Å². The fourth-order valence-electron chi connectivity index (χ4n) is 11.3. The van der Waals surface area contributed by atoms with Crippen molar-refractivity contribution in [2.45, 2.75) is 189 Å². The number of hydrogen-bond acceptors (Lipinski definition) is 23. The summed E-state index contributed by atoms with van der Waals surface area (Å²) in [6, 6.07) is 18.5. The SMILES string of the molecule is COC(=O)[C@@H]1C[C@H](OS(=O)(=O)c2ccc(Br)cc2)CN1C(=O)[C@@H](CC(=O)OC(C)(C)C)C(C)(C)C.COc1ccc2c(=O)cc(-c3csc(NC(C)C)n3)[nH]c2c1.COc1ccc2c(O[C@@H]3C[C@@H](C(=O)O)N(C(=O)[C@@H](CC(=O)OC(C)(C)C)C(C)(C)C)C3)cc(-c3csc(NC(C)C)n3)nc2c1. The number of hydrogen-bond donors (Lipinski definition) is 4. The van der Waals surface area contributed by atoms with Crippen LogP contribution in [-0.2, 0) is 57.3 Å². The largest absolute Gasteiger partial charge is 0.497 e. The summed E-state index contributed by atoms with van der Waals surface area (Å²) in [5, 5.41) is 23.5. The van der Waals surface area contributed by atoms with E-state index in [1.165, 1.54) is 51.7 Å². The maximum atomic E-state index is 14.0. The second-order valence-corrected chi connectivity index (χ2v) is 33.9. The summed E-state index contributed by atoms with van der Waals surface area (Å²) in [6.07, 6.45) is -1.90. The minimum atomic E-state index is -4.14. The molecule has 2 amide bonds. The molecular formula is C73H95BrN8O17S3. The average molecular weight is 1530 g/mol. The van der Waals surface area contributed by atoms with Gasteiger partial charge >= 0.3 is 23.9 Å². The van der Waals surface area contributed by atoms with Crippen LogP contribution >= 0.6 is 38.6 Å². The maximum absolute atomic E-state index is 14.0. The van der Waals surface area contributed by atoms with Crippen LogP contribution < -0.4 is 30.3 Å². The summed E-state index contributed by atoms with van der Waals surface area (Å²) >= 11 is 6.25.